The Labute approximate surface area is 102 Å². The van der Waals surface area contributed by atoms with E-state index in [1.807, 2.05) is 20.8 Å². The fourth-order valence-electron chi connectivity index (χ4n) is 1.39. The molecule has 0 amide bonds. The van der Waals surface area contributed by atoms with Crippen molar-refractivity contribution in [2.75, 3.05) is 14.2 Å². The fraction of sp³-hybridized carbons (Fsp3) is 0.583. The Balaban J connectivity index is 0.00000121. The first-order valence-electron chi connectivity index (χ1n) is 5.54. The lowest BCUT2D eigenvalue weighted by atomic mass is 10.3. The van der Waals surface area contributed by atoms with Gasteiger partial charge in [-0.2, -0.15) is 0 Å². The van der Waals surface area contributed by atoms with Gasteiger partial charge >= 0.3 is 5.97 Å². The molecule has 0 unspecified atom stereocenters. The average Bonchev–Trinajstić information content (AvgIpc) is 2.70. The molecule has 17 heavy (non-hydrogen) atoms. The Morgan fingerprint density at radius 3 is 2.35 bits per heavy atom. The second kappa shape index (κ2) is 7.86. The summed E-state index contributed by atoms with van der Waals surface area (Å²) in [6.45, 7) is 6.21. The molecule has 1 aromatic rings. The van der Waals surface area contributed by atoms with E-state index < -0.39 is 12.3 Å². The Bertz CT molecular complexity index is 342. The smallest absolute Gasteiger partial charge is 0.352 e. The molecule has 98 valence electrons. The van der Waals surface area contributed by atoms with Gasteiger partial charge in [0.15, 0.2) is 6.29 Å². The molecule has 0 aliphatic heterocycles. The monoisotopic (exact) mass is 243 g/mol. The molecule has 5 nitrogen and oxygen atoms in total. The first-order valence-corrected chi connectivity index (χ1v) is 5.54. The highest BCUT2D eigenvalue weighted by atomic mass is 16.7. The van der Waals surface area contributed by atoms with Crippen LogP contribution in [0.1, 0.15) is 29.9 Å². The van der Waals surface area contributed by atoms with E-state index in [-0.39, 0.29) is 5.69 Å². The molecule has 5 heteroatoms. The molecular weight excluding hydrogens is 222 g/mol. The highest BCUT2D eigenvalue weighted by Crippen LogP contribution is 2.10. The summed E-state index contributed by atoms with van der Waals surface area (Å²) in [5, 5.41) is 8.93. The molecule has 0 saturated heterocycles. The van der Waals surface area contributed by atoms with Crippen LogP contribution in [0.2, 0.25) is 0 Å². The summed E-state index contributed by atoms with van der Waals surface area (Å²) in [5.41, 5.74) is 1.14. The number of carboxylic acids is 1. The van der Waals surface area contributed by atoms with E-state index in [4.69, 9.17) is 14.6 Å². The van der Waals surface area contributed by atoms with Gasteiger partial charge in [0.1, 0.15) is 5.69 Å². The third kappa shape index (κ3) is 4.58. The van der Waals surface area contributed by atoms with Gasteiger partial charge in [0.25, 0.3) is 0 Å². The van der Waals surface area contributed by atoms with Crippen LogP contribution in [-0.4, -0.2) is 36.2 Å². The van der Waals surface area contributed by atoms with Crippen LogP contribution in [0.25, 0.3) is 0 Å². The van der Waals surface area contributed by atoms with E-state index in [2.05, 4.69) is 0 Å². The van der Waals surface area contributed by atoms with Crippen molar-refractivity contribution >= 4 is 5.97 Å². The first kappa shape index (κ1) is 15.7. The predicted octanol–water partition coefficient (Wildman–Crippen LogP) is 2.14. The van der Waals surface area contributed by atoms with Crippen molar-refractivity contribution < 1.29 is 19.4 Å². The Hall–Kier alpha value is -1.33. The maximum atomic E-state index is 10.9. The summed E-state index contributed by atoms with van der Waals surface area (Å²) in [6.07, 6.45) is 1.32. The van der Waals surface area contributed by atoms with Crippen LogP contribution in [0.5, 0.6) is 0 Å². The molecule has 1 heterocycles. The molecule has 0 spiro atoms. The summed E-state index contributed by atoms with van der Waals surface area (Å²) >= 11 is 0. The number of hydrogen-bond donors (Lipinski definition) is 1. The van der Waals surface area contributed by atoms with Gasteiger partial charge in [0.2, 0.25) is 0 Å². The summed E-state index contributed by atoms with van der Waals surface area (Å²) in [6, 6.07) is 1.62. The van der Waals surface area contributed by atoms with Crippen LogP contribution in [0.3, 0.4) is 0 Å². The SMILES string of the molecule is CC.COC(Cn1cc(C)cc1C(=O)O)OC. The third-order valence-electron chi connectivity index (χ3n) is 2.12. The number of aromatic carboxylic acids is 1. The topological polar surface area (TPSA) is 60.7 Å². The zero-order valence-electron chi connectivity index (χ0n) is 11.1. The predicted molar refractivity (Wildman–Crippen MR) is 65.3 cm³/mol. The number of rotatable bonds is 5. The highest BCUT2D eigenvalue weighted by Gasteiger charge is 2.14. The van der Waals surface area contributed by atoms with E-state index in [9.17, 15) is 4.79 Å². The minimum atomic E-state index is -0.950. The average molecular weight is 243 g/mol. The normalized spacial score (nSPS) is 10.0. The molecule has 0 bridgehead atoms. The van der Waals surface area contributed by atoms with E-state index in [1.165, 1.54) is 14.2 Å². The number of aromatic nitrogens is 1. The van der Waals surface area contributed by atoms with Gasteiger partial charge < -0.3 is 19.1 Å². The number of hydrogen-bond acceptors (Lipinski definition) is 3. The number of methoxy groups -OCH3 is 2. The molecule has 0 saturated carbocycles. The molecule has 1 aromatic heterocycles. The zero-order valence-corrected chi connectivity index (χ0v) is 11.1. The third-order valence-corrected chi connectivity index (χ3v) is 2.12. The number of nitrogens with zero attached hydrogens (tertiary/aromatic N) is 1. The molecule has 1 rings (SSSR count). The van der Waals surface area contributed by atoms with Crippen molar-refractivity contribution in [2.45, 2.75) is 33.6 Å². The van der Waals surface area contributed by atoms with Gasteiger partial charge in [0, 0.05) is 20.4 Å². The van der Waals surface area contributed by atoms with Crippen LogP contribution in [0.4, 0.5) is 0 Å². The minimum Gasteiger partial charge on any atom is -0.477 e. The van der Waals surface area contributed by atoms with Crippen molar-refractivity contribution in [1.82, 2.24) is 4.57 Å². The van der Waals surface area contributed by atoms with Crippen molar-refractivity contribution in [1.29, 1.82) is 0 Å². The minimum absolute atomic E-state index is 0.242. The van der Waals surface area contributed by atoms with Gasteiger partial charge in [0.05, 0.1) is 6.54 Å². The molecule has 1 N–H and O–H groups in total. The van der Waals surface area contributed by atoms with Gasteiger partial charge in [-0.1, -0.05) is 13.8 Å². The first-order chi connectivity index (χ1) is 8.08. The van der Waals surface area contributed by atoms with Crippen LogP contribution < -0.4 is 0 Å². The lowest BCUT2D eigenvalue weighted by Crippen LogP contribution is -2.22. The quantitative estimate of drug-likeness (QED) is 0.805. The van der Waals surface area contributed by atoms with Crippen LogP contribution >= 0.6 is 0 Å². The van der Waals surface area contributed by atoms with E-state index in [0.717, 1.165) is 5.56 Å². The van der Waals surface area contributed by atoms with Crippen LogP contribution in [-0.2, 0) is 16.0 Å². The summed E-state index contributed by atoms with van der Waals surface area (Å²) in [7, 11) is 3.04. The van der Waals surface area contributed by atoms with Crippen molar-refractivity contribution in [3.8, 4) is 0 Å². The molecular formula is C12H21NO4. The van der Waals surface area contributed by atoms with E-state index in [0.29, 0.717) is 6.54 Å². The summed E-state index contributed by atoms with van der Waals surface area (Å²) in [5.74, 6) is -0.950. The Morgan fingerprint density at radius 2 is 1.94 bits per heavy atom. The summed E-state index contributed by atoms with van der Waals surface area (Å²) < 4.78 is 11.6. The number of ether oxygens (including phenoxy) is 2. The maximum absolute atomic E-state index is 10.9. The molecule has 0 aliphatic rings. The van der Waals surface area contributed by atoms with Crippen molar-refractivity contribution in [3.05, 3.63) is 23.5 Å². The number of carboxylic acid groups (broad SMARTS) is 1. The lowest BCUT2D eigenvalue weighted by molar-refractivity contribution is -0.111. The number of carbonyl (C=O) groups is 1. The molecule has 0 fully saturated rings. The Morgan fingerprint density at radius 1 is 1.41 bits per heavy atom. The molecule has 0 aromatic carbocycles. The fourth-order valence-corrected chi connectivity index (χ4v) is 1.39. The van der Waals surface area contributed by atoms with E-state index >= 15 is 0 Å². The maximum Gasteiger partial charge on any atom is 0.352 e. The van der Waals surface area contributed by atoms with Crippen molar-refractivity contribution in [3.63, 3.8) is 0 Å². The van der Waals surface area contributed by atoms with E-state index in [1.54, 1.807) is 16.8 Å². The van der Waals surface area contributed by atoms with Gasteiger partial charge in [-0.25, -0.2) is 4.79 Å². The second-order valence-electron chi connectivity index (χ2n) is 3.26. The largest absolute Gasteiger partial charge is 0.477 e. The van der Waals surface area contributed by atoms with Crippen LogP contribution in [0, 0.1) is 6.92 Å². The second-order valence-corrected chi connectivity index (χ2v) is 3.26. The summed E-state index contributed by atoms with van der Waals surface area (Å²) in [4.78, 5) is 10.9. The van der Waals surface area contributed by atoms with Gasteiger partial charge in [-0.05, 0) is 18.6 Å². The molecule has 0 aliphatic carbocycles. The zero-order chi connectivity index (χ0) is 13.4. The highest BCUT2D eigenvalue weighted by molar-refractivity contribution is 5.86. The van der Waals surface area contributed by atoms with Gasteiger partial charge in [-0.3, -0.25) is 0 Å². The van der Waals surface area contributed by atoms with Crippen molar-refractivity contribution in [2.24, 2.45) is 0 Å². The van der Waals surface area contributed by atoms with Crippen LogP contribution in [0.15, 0.2) is 12.3 Å². The van der Waals surface area contributed by atoms with Gasteiger partial charge in [-0.15, -0.1) is 0 Å². The molecule has 0 atom stereocenters. The molecule has 0 radical (unpaired) electrons. The standard InChI is InChI=1S/C10H15NO4.C2H6/c1-7-4-8(10(12)13)11(5-7)6-9(14-2)15-3;1-2/h4-5,9H,6H2,1-3H3,(H,12,13);1-2H3. The number of aryl methyl sites for hydroxylation is 1. The Kier molecular flexibility index (Phi) is 7.25. The lowest BCUT2D eigenvalue weighted by Gasteiger charge is -2.15.